The summed E-state index contributed by atoms with van der Waals surface area (Å²) in [5.41, 5.74) is 3.78. The minimum absolute atomic E-state index is 0.334. The van der Waals surface area contributed by atoms with Crippen LogP contribution >= 0.6 is 27.7 Å². The van der Waals surface area contributed by atoms with Crippen LogP contribution in [-0.4, -0.2) is 29.9 Å². The number of hydrogen-bond acceptors (Lipinski definition) is 8. The molecule has 0 saturated carbocycles. The minimum Gasteiger partial charge on any atom is -0.341 e. The van der Waals surface area contributed by atoms with Crippen molar-refractivity contribution >= 4 is 44.8 Å². The van der Waals surface area contributed by atoms with Crippen LogP contribution in [0.25, 0.3) is 11.2 Å². The van der Waals surface area contributed by atoms with Crippen molar-refractivity contribution in [1.29, 1.82) is 0 Å². The highest BCUT2D eigenvalue weighted by Crippen LogP contribution is 2.33. The summed E-state index contributed by atoms with van der Waals surface area (Å²) in [4.78, 5) is 23.6. The van der Waals surface area contributed by atoms with Crippen LogP contribution in [-0.2, 0) is 0 Å². The van der Waals surface area contributed by atoms with Gasteiger partial charge in [-0.3, -0.25) is 5.43 Å². The first-order valence-electron chi connectivity index (χ1n) is 5.09. The molecule has 0 bridgehead atoms. The summed E-state index contributed by atoms with van der Waals surface area (Å²) >= 11 is 4.75. The molecule has 0 aliphatic carbocycles. The number of anilines is 1. The second kappa shape index (κ2) is 5.07. The van der Waals surface area contributed by atoms with Crippen molar-refractivity contribution in [1.82, 2.24) is 29.9 Å². The molecule has 8 nitrogen and oxygen atoms in total. The average Bonchev–Trinajstić information content (AvgIpc) is 2.90. The lowest BCUT2D eigenvalue weighted by Crippen LogP contribution is -2.10. The Bertz CT molecular complexity index is 729. The van der Waals surface area contributed by atoms with Gasteiger partial charge < -0.3 is 4.98 Å². The molecule has 96 valence electrons. The van der Waals surface area contributed by atoms with E-state index in [1.165, 1.54) is 18.1 Å². The number of rotatable bonds is 3. The molecule has 0 atom stereocenters. The van der Waals surface area contributed by atoms with Crippen LogP contribution in [0.3, 0.4) is 0 Å². The van der Waals surface area contributed by atoms with Gasteiger partial charge in [-0.1, -0.05) is 0 Å². The second-order valence-electron chi connectivity index (χ2n) is 3.37. The van der Waals surface area contributed by atoms with Crippen molar-refractivity contribution in [2.45, 2.75) is 10.1 Å². The molecular formula is C9H7BrN8S. The largest absolute Gasteiger partial charge is 0.341 e. The third-order valence-electron chi connectivity index (χ3n) is 2.22. The summed E-state index contributed by atoms with van der Waals surface area (Å²) in [5.74, 6) is 5.63. The number of fused-ring (bicyclic) bond motifs is 1. The molecule has 0 aromatic carbocycles. The Morgan fingerprint density at radius 3 is 2.95 bits per heavy atom. The molecular weight excluding hydrogens is 332 g/mol. The third-order valence-corrected chi connectivity index (χ3v) is 4.07. The fraction of sp³-hybridized carbons (Fsp3) is 0. The third kappa shape index (κ3) is 2.37. The number of aromatic nitrogens is 6. The SMILES string of the molecule is NNc1ncc(Br)c(Sc2ncnc3nc[nH]c23)n1. The Morgan fingerprint density at radius 2 is 2.11 bits per heavy atom. The van der Waals surface area contributed by atoms with Crippen molar-refractivity contribution in [3.05, 3.63) is 23.3 Å². The maximum absolute atomic E-state index is 5.29. The normalized spacial score (nSPS) is 10.8. The smallest absolute Gasteiger partial charge is 0.238 e. The number of hydrazine groups is 1. The minimum atomic E-state index is 0.334. The van der Waals surface area contributed by atoms with Gasteiger partial charge in [0.05, 0.1) is 10.8 Å². The Morgan fingerprint density at radius 1 is 1.21 bits per heavy atom. The zero-order chi connectivity index (χ0) is 13.2. The van der Waals surface area contributed by atoms with E-state index in [1.807, 2.05) is 0 Å². The standard InChI is InChI=1S/C9H7BrN8S/c10-4-1-12-9(18-11)17-7(4)19-8-5-6(14-2-13-5)15-3-16-8/h1-3H,11H2,(H,12,17,18)(H,13,14,15,16). The molecule has 4 N–H and O–H groups in total. The predicted molar refractivity (Wildman–Crippen MR) is 73.3 cm³/mol. The Balaban J connectivity index is 2.03. The van der Waals surface area contributed by atoms with E-state index in [0.717, 1.165) is 15.0 Å². The van der Waals surface area contributed by atoms with Crippen LogP contribution in [0, 0.1) is 0 Å². The van der Waals surface area contributed by atoms with E-state index >= 15 is 0 Å². The van der Waals surface area contributed by atoms with Crippen molar-refractivity contribution < 1.29 is 0 Å². The van der Waals surface area contributed by atoms with Crippen molar-refractivity contribution in [2.75, 3.05) is 5.43 Å². The average molecular weight is 339 g/mol. The highest BCUT2D eigenvalue weighted by Gasteiger charge is 2.12. The molecule has 19 heavy (non-hydrogen) atoms. The van der Waals surface area contributed by atoms with E-state index < -0.39 is 0 Å². The summed E-state index contributed by atoms with van der Waals surface area (Å²) in [6.45, 7) is 0. The number of nitrogens with one attached hydrogen (secondary N) is 2. The van der Waals surface area contributed by atoms with Gasteiger partial charge >= 0.3 is 0 Å². The van der Waals surface area contributed by atoms with Crippen LogP contribution in [0.2, 0.25) is 0 Å². The first-order valence-corrected chi connectivity index (χ1v) is 6.70. The highest BCUT2D eigenvalue weighted by molar-refractivity contribution is 9.10. The first kappa shape index (κ1) is 12.3. The zero-order valence-electron chi connectivity index (χ0n) is 9.33. The van der Waals surface area contributed by atoms with Crippen molar-refractivity contribution in [2.24, 2.45) is 5.84 Å². The van der Waals surface area contributed by atoms with E-state index in [9.17, 15) is 0 Å². The molecule has 3 aromatic rings. The predicted octanol–water partition coefficient (Wildman–Crippen LogP) is 1.34. The number of hydrogen-bond donors (Lipinski definition) is 3. The first-order chi connectivity index (χ1) is 9.28. The molecule has 0 radical (unpaired) electrons. The van der Waals surface area contributed by atoms with Crippen LogP contribution in [0.1, 0.15) is 0 Å². The lowest BCUT2D eigenvalue weighted by atomic mass is 10.6. The lowest BCUT2D eigenvalue weighted by molar-refractivity contribution is 1.00. The van der Waals surface area contributed by atoms with Gasteiger partial charge in [-0.2, -0.15) is 0 Å². The van der Waals surface area contributed by atoms with Gasteiger partial charge in [-0.25, -0.2) is 30.8 Å². The number of nitrogen functional groups attached to an aromatic ring is 1. The number of imidazole rings is 1. The number of nitrogens with zero attached hydrogens (tertiary/aromatic N) is 5. The van der Waals surface area contributed by atoms with E-state index in [-0.39, 0.29) is 0 Å². The van der Waals surface area contributed by atoms with Crippen LogP contribution in [0.5, 0.6) is 0 Å². The zero-order valence-corrected chi connectivity index (χ0v) is 11.7. The summed E-state index contributed by atoms with van der Waals surface area (Å²) in [5, 5.41) is 1.42. The fourth-order valence-corrected chi connectivity index (χ4v) is 2.66. The Kier molecular flexibility index (Phi) is 3.27. The summed E-state index contributed by atoms with van der Waals surface area (Å²) in [6.07, 6.45) is 4.66. The molecule has 0 aliphatic rings. The quantitative estimate of drug-likeness (QED) is 0.372. The molecule has 3 heterocycles. The van der Waals surface area contributed by atoms with Crippen LogP contribution in [0.15, 0.2) is 33.4 Å². The topological polar surface area (TPSA) is 118 Å². The maximum Gasteiger partial charge on any atom is 0.238 e. The molecule has 0 fully saturated rings. The molecule has 3 rings (SSSR count). The molecule has 10 heteroatoms. The van der Waals surface area contributed by atoms with Gasteiger partial charge in [0, 0.05) is 6.20 Å². The van der Waals surface area contributed by atoms with Crippen LogP contribution < -0.4 is 11.3 Å². The van der Waals surface area contributed by atoms with Crippen molar-refractivity contribution in [3.8, 4) is 0 Å². The fourth-order valence-electron chi connectivity index (χ4n) is 1.40. The number of aromatic amines is 1. The Hall–Kier alpha value is -1.78. The second-order valence-corrected chi connectivity index (χ2v) is 5.20. The lowest BCUT2D eigenvalue weighted by Gasteiger charge is -2.05. The van der Waals surface area contributed by atoms with Gasteiger partial charge in [0.15, 0.2) is 5.65 Å². The van der Waals surface area contributed by atoms with E-state index in [0.29, 0.717) is 16.6 Å². The summed E-state index contributed by atoms with van der Waals surface area (Å²) < 4.78 is 0.753. The number of nitrogens with two attached hydrogens (primary N) is 1. The molecule has 0 spiro atoms. The number of halogens is 1. The highest BCUT2D eigenvalue weighted by atomic mass is 79.9. The molecule has 0 amide bonds. The van der Waals surface area contributed by atoms with Gasteiger partial charge in [-0.05, 0) is 27.7 Å². The molecule has 0 saturated heterocycles. The molecule has 3 aromatic heterocycles. The van der Waals surface area contributed by atoms with Gasteiger partial charge in [0.2, 0.25) is 5.95 Å². The van der Waals surface area contributed by atoms with E-state index in [4.69, 9.17) is 5.84 Å². The molecule has 0 unspecified atom stereocenters. The van der Waals surface area contributed by atoms with E-state index in [2.05, 4.69) is 51.3 Å². The number of H-pyrrole nitrogens is 1. The summed E-state index contributed by atoms with van der Waals surface area (Å²) in [6, 6.07) is 0. The van der Waals surface area contributed by atoms with E-state index in [1.54, 1.807) is 12.5 Å². The van der Waals surface area contributed by atoms with Gasteiger partial charge in [0.1, 0.15) is 21.9 Å². The Labute approximate surface area is 119 Å². The monoisotopic (exact) mass is 338 g/mol. The van der Waals surface area contributed by atoms with Gasteiger partial charge in [0.25, 0.3) is 0 Å². The van der Waals surface area contributed by atoms with Gasteiger partial charge in [-0.15, -0.1) is 0 Å². The van der Waals surface area contributed by atoms with Crippen molar-refractivity contribution in [3.63, 3.8) is 0 Å². The summed E-state index contributed by atoms with van der Waals surface area (Å²) in [7, 11) is 0. The maximum atomic E-state index is 5.29. The van der Waals surface area contributed by atoms with Crippen LogP contribution in [0.4, 0.5) is 5.95 Å². The molecule has 0 aliphatic heterocycles.